The Bertz CT molecular complexity index is 902. The lowest BCUT2D eigenvalue weighted by molar-refractivity contribution is -0.128. The number of ether oxygens (including phenoxy) is 1. The molecule has 0 unspecified atom stereocenters. The Labute approximate surface area is 181 Å². The van der Waals surface area contributed by atoms with E-state index in [1.807, 2.05) is 68.4 Å². The van der Waals surface area contributed by atoms with Gasteiger partial charge in [-0.25, -0.2) is 4.99 Å². The van der Waals surface area contributed by atoms with Crippen LogP contribution in [0.25, 0.3) is 0 Å². The first-order valence-electron chi connectivity index (χ1n) is 10.1. The van der Waals surface area contributed by atoms with Crippen molar-refractivity contribution in [2.24, 2.45) is 4.99 Å². The second-order valence-corrected chi connectivity index (χ2v) is 8.11. The topological polar surface area (TPSA) is 71.0 Å². The fraction of sp³-hybridized carbons (Fsp3) is 0.348. The van der Waals surface area contributed by atoms with Gasteiger partial charge in [-0.05, 0) is 44.0 Å². The second-order valence-electron chi connectivity index (χ2n) is 6.94. The molecular weight excluding hydrogens is 398 g/mol. The predicted molar refractivity (Wildman–Crippen MR) is 122 cm³/mol. The Kier molecular flexibility index (Phi) is 8.04. The molecule has 1 heterocycles. The first-order valence-corrected chi connectivity index (χ1v) is 11.0. The smallest absolute Gasteiger partial charge is 0.242 e. The lowest BCUT2D eigenvalue weighted by Crippen LogP contribution is -2.34. The third kappa shape index (κ3) is 5.93. The van der Waals surface area contributed by atoms with Gasteiger partial charge >= 0.3 is 0 Å². The van der Waals surface area contributed by atoms with Crippen molar-refractivity contribution in [1.29, 1.82) is 0 Å². The maximum Gasteiger partial charge on any atom is 0.242 e. The summed E-state index contributed by atoms with van der Waals surface area (Å²) in [5, 5.41) is 3.07. The minimum Gasteiger partial charge on any atom is -0.382 e. The molecule has 0 bridgehead atoms. The van der Waals surface area contributed by atoms with Gasteiger partial charge in [0.05, 0.1) is 5.69 Å². The molecule has 0 aromatic heterocycles. The van der Waals surface area contributed by atoms with Gasteiger partial charge in [0.25, 0.3) is 0 Å². The number of amidine groups is 1. The molecule has 1 aliphatic heterocycles. The molecule has 7 heteroatoms. The van der Waals surface area contributed by atoms with Crippen molar-refractivity contribution in [1.82, 2.24) is 4.90 Å². The fourth-order valence-electron chi connectivity index (χ4n) is 3.10. The van der Waals surface area contributed by atoms with Gasteiger partial charge in [0, 0.05) is 31.9 Å². The average Bonchev–Trinajstić information content (AvgIpc) is 3.02. The summed E-state index contributed by atoms with van der Waals surface area (Å²) in [7, 11) is 0. The van der Waals surface area contributed by atoms with E-state index in [2.05, 4.69) is 10.3 Å². The van der Waals surface area contributed by atoms with Crippen molar-refractivity contribution in [3.63, 3.8) is 0 Å². The molecule has 1 saturated heterocycles. The molecule has 1 atom stereocenters. The SMILES string of the molecule is CCOCCCN1C(=O)[C@H](CC(=O)Nc2ccccc2C)SC1=Nc1ccccc1. The van der Waals surface area contributed by atoms with Gasteiger partial charge in [0.15, 0.2) is 5.17 Å². The van der Waals surface area contributed by atoms with Gasteiger partial charge in [-0.3, -0.25) is 14.5 Å². The summed E-state index contributed by atoms with van der Waals surface area (Å²) >= 11 is 1.35. The number of rotatable bonds is 9. The van der Waals surface area contributed by atoms with Crippen LogP contribution in [0.15, 0.2) is 59.6 Å². The summed E-state index contributed by atoms with van der Waals surface area (Å²) in [6.45, 7) is 5.64. The van der Waals surface area contributed by atoms with Crippen LogP contribution in [0.1, 0.15) is 25.3 Å². The summed E-state index contributed by atoms with van der Waals surface area (Å²) < 4.78 is 5.40. The van der Waals surface area contributed by atoms with Crippen LogP contribution in [-0.4, -0.2) is 46.9 Å². The van der Waals surface area contributed by atoms with Crippen molar-refractivity contribution in [2.45, 2.75) is 31.9 Å². The molecule has 6 nitrogen and oxygen atoms in total. The summed E-state index contributed by atoms with van der Waals surface area (Å²) in [5.74, 6) is -0.253. The van der Waals surface area contributed by atoms with Crippen LogP contribution >= 0.6 is 11.8 Å². The molecule has 0 radical (unpaired) electrons. The predicted octanol–water partition coefficient (Wildman–Crippen LogP) is 4.38. The minimum absolute atomic E-state index is 0.0777. The molecule has 3 rings (SSSR count). The van der Waals surface area contributed by atoms with E-state index in [9.17, 15) is 9.59 Å². The molecule has 2 aromatic rings. The molecule has 1 aliphatic rings. The van der Waals surface area contributed by atoms with Crippen LogP contribution in [0, 0.1) is 6.92 Å². The summed E-state index contributed by atoms with van der Waals surface area (Å²) in [6, 6.07) is 17.1. The zero-order valence-electron chi connectivity index (χ0n) is 17.3. The van der Waals surface area contributed by atoms with Crippen LogP contribution in [0.4, 0.5) is 11.4 Å². The second kappa shape index (κ2) is 10.9. The van der Waals surface area contributed by atoms with Gasteiger partial charge in [-0.1, -0.05) is 48.2 Å². The third-order valence-corrected chi connectivity index (χ3v) is 5.84. The number of benzene rings is 2. The quantitative estimate of drug-likeness (QED) is 0.605. The van der Waals surface area contributed by atoms with E-state index in [4.69, 9.17) is 4.74 Å². The number of anilines is 1. The zero-order valence-corrected chi connectivity index (χ0v) is 18.2. The number of nitrogens with zero attached hydrogens (tertiary/aromatic N) is 2. The van der Waals surface area contributed by atoms with E-state index in [0.29, 0.717) is 24.9 Å². The van der Waals surface area contributed by atoms with E-state index in [1.54, 1.807) is 4.90 Å². The monoisotopic (exact) mass is 425 g/mol. The largest absolute Gasteiger partial charge is 0.382 e. The zero-order chi connectivity index (χ0) is 21.3. The number of aliphatic imine (C=N–C) groups is 1. The van der Waals surface area contributed by atoms with Gasteiger partial charge < -0.3 is 10.1 Å². The van der Waals surface area contributed by atoms with Crippen molar-refractivity contribution in [2.75, 3.05) is 25.1 Å². The highest BCUT2D eigenvalue weighted by Gasteiger charge is 2.38. The van der Waals surface area contributed by atoms with E-state index in [0.717, 1.165) is 23.4 Å². The Morgan fingerprint density at radius 3 is 2.63 bits per heavy atom. The third-order valence-electron chi connectivity index (χ3n) is 4.67. The number of para-hydroxylation sites is 2. The van der Waals surface area contributed by atoms with Crippen molar-refractivity contribution < 1.29 is 14.3 Å². The number of carbonyl (C=O) groups is 2. The van der Waals surface area contributed by atoms with Crippen LogP contribution in [0.5, 0.6) is 0 Å². The molecule has 1 N–H and O–H groups in total. The van der Waals surface area contributed by atoms with E-state index < -0.39 is 5.25 Å². The van der Waals surface area contributed by atoms with Crippen molar-refractivity contribution in [3.05, 3.63) is 60.2 Å². The molecule has 2 aromatic carbocycles. The minimum atomic E-state index is -0.483. The molecule has 0 saturated carbocycles. The summed E-state index contributed by atoms with van der Waals surface area (Å²) in [4.78, 5) is 31.9. The van der Waals surface area contributed by atoms with Gasteiger partial charge in [-0.2, -0.15) is 0 Å². The molecular formula is C23H27N3O3S. The molecule has 0 spiro atoms. The highest BCUT2D eigenvalue weighted by atomic mass is 32.2. The number of amides is 2. The summed E-state index contributed by atoms with van der Waals surface area (Å²) in [6.07, 6.45) is 0.823. The van der Waals surface area contributed by atoms with E-state index >= 15 is 0 Å². The van der Waals surface area contributed by atoms with Crippen LogP contribution in [-0.2, 0) is 14.3 Å². The molecule has 0 aliphatic carbocycles. The highest BCUT2D eigenvalue weighted by Crippen LogP contribution is 2.32. The maximum absolute atomic E-state index is 13.0. The highest BCUT2D eigenvalue weighted by molar-refractivity contribution is 8.15. The number of nitrogens with one attached hydrogen (secondary N) is 1. The number of carbonyl (C=O) groups excluding carboxylic acids is 2. The molecule has 30 heavy (non-hydrogen) atoms. The molecule has 158 valence electrons. The average molecular weight is 426 g/mol. The lowest BCUT2D eigenvalue weighted by Gasteiger charge is -2.16. The van der Waals surface area contributed by atoms with Crippen LogP contribution in [0.2, 0.25) is 0 Å². The van der Waals surface area contributed by atoms with Crippen LogP contribution in [0.3, 0.4) is 0 Å². The number of hydrogen-bond acceptors (Lipinski definition) is 5. The standard InChI is InChI=1S/C23H27N3O3S/c1-3-29-15-9-14-26-22(28)20(30-23(26)24-18-11-5-4-6-12-18)16-21(27)25-19-13-8-7-10-17(19)2/h4-8,10-13,20H,3,9,14-16H2,1-2H3,(H,25,27)/t20-/m0/s1. The number of hydrogen-bond donors (Lipinski definition) is 1. The Morgan fingerprint density at radius 2 is 1.90 bits per heavy atom. The van der Waals surface area contributed by atoms with Gasteiger partial charge in [0.2, 0.25) is 11.8 Å². The van der Waals surface area contributed by atoms with Gasteiger partial charge in [0.1, 0.15) is 5.25 Å². The van der Waals surface area contributed by atoms with Crippen molar-refractivity contribution >= 4 is 40.1 Å². The van der Waals surface area contributed by atoms with Crippen molar-refractivity contribution in [3.8, 4) is 0 Å². The Hall–Kier alpha value is -2.64. The Balaban J connectivity index is 1.70. The van der Waals surface area contributed by atoms with E-state index in [1.165, 1.54) is 11.8 Å². The number of aryl methyl sites for hydroxylation is 1. The molecule has 1 fully saturated rings. The molecule has 2 amide bonds. The maximum atomic E-state index is 13.0. The first kappa shape index (κ1) is 22.1. The van der Waals surface area contributed by atoms with E-state index in [-0.39, 0.29) is 18.2 Å². The van der Waals surface area contributed by atoms with Gasteiger partial charge in [-0.15, -0.1) is 0 Å². The first-order chi connectivity index (χ1) is 14.6. The van der Waals surface area contributed by atoms with Crippen LogP contribution < -0.4 is 5.32 Å². The summed E-state index contributed by atoms with van der Waals surface area (Å²) in [5.41, 5.74) is 2.54. The normalized spacial score (nSPS) is 17.5. The lowest BCUT2D eigenvalue weighted by atomic mass is 10.2. The number of thioether (sulfide) groups is 1. The Morgan fingerprint density at radius 1 is 1.17 bits per heavy atom. The fourth-order valence-corrected chi connectivity index (χ4v) is 4.28.